The SMILES string of the molecule is CC(C)C1CC12C=CC=C2. The molecule has 1 saturated carbocycles. The number of hydrogen-bond acceptors (Lipinski definition) is 0. The smallest absolute Gasteiger partial charge is 0.0101 e. The summed E-state index contributed by atoms with van der Waals surface area (Å²) in [6.45, 7) is 4.64. The lowest BCUT2D eigenvalue weighted by molar-refractivity contribution is 0.509. The third-order valence-corrected chi connectivity index (χ3v) is 2.83. The normalized spacial score (nSPS) is 32.5. The molecule has 0 aliphatic heterocycles. The third-order valence-electron chi connectivity index (χ3n) is 2.83. The summed E-state index contributed by atoms with van der Waals surface area (Å²) in [6, 6.07) is 0. The van der Waals surface area contributed by atoms with Gasteiger partial charge in [0, 0.05) is 5.41 Å². The van der Waals surface area contributed by atoms with Crippen molar-refractivity contribution in [1.29, 1.82) is 0 Å². The number of rotatable bonds is 1. The fraction of sp³-hybridized carbons (Fsp3) is 0.600. The summed E-state index contributed by atoms with van der Waals surface area (Å²) in [4.78, 5) is 0. The molecule has 0 N–H and O–H groups in total. The minimum absolute atomic E-state index is 0.522. The van der Waals surface area contributed by atoms with Crippen molar-refractivity contribution in [1.82, 2.24) is 0 Å². The van der Waals surface area contributed by atoms with Crippen LogP contribution in [0.25, 0.3) is 0 Å². The molecule has 1 atom stereocenters. The highest BCUT2D eigenvalue weighted by Crippen LogP contribution is 2.60. The zero-order valence-electron chi connectivity index (χ0n) is 6.67. The molecule has 0 nitrogen and oxygen atoms in total. The standard InChI is InChI=1S/C10H14/c1-8(2)9-7-10(9)5-3-4-6-10/h3-6,8-9H,7H2,1-2H3. The molecule has 2 rings (SSSR count). The van der Waals surface area contributed by atoms with Gasteiger partial charge in [-0.15, -0.1) is 0 Å². The van der Waals surface area contributed by atoms with E-state index >= 15 is 0 Å². The Hall–Kier alpha value is -0.520. The molecule has 0 aromatic rings. The molecule has 0 aromatic carbocycles. The molecule has 1 unspecified atom stereocenters. The summed E-state index contributed by atoms with van der Waals surface area (Å²) in [5, 5.41) is 0. The van der Waals surface area contributed by atoms with Crippen LogP contribution < -0.4 is 0 Å². The summed E-state index contributed by atoms with van der Waals surface area (Å²) < 4.78 is 0. The maximum atomic E-state index is 2.36. The Morgan fingerprint density at radius 1 is 1.30 bits per heavy atom. The van der Waals surface area contributed by atoms with Crippen molar-refractivity contribution < 1.29 is 0 Å². The third kappa shape index (κ3) is 0.681. The zero-order chi connectivity index (χ0) is 7.19. The molecule has 0 heteroatoms. The second-order valence-electron chi connectivity index (χ2n) is 3.89. The van der Waals surface area contributed by atoms with Crippen molar-refractivity contribution in [2.45, 2.75) is 20.3 Å². The summed E-state index contributed by atoms with van der Waals surface area (Å²) >= 11 is 0. The molecule has 1 spiro atoms. The molecular formula is C10H14. The lowest BCUT2D eigenvalue weighted by Gasteiger charge is -2.05. The summed E-state index contributed by atoms with van der Waals surface area (Å²) in [5.74, 6) is 1.79. The Balaban J connectivity index is 2.12. The first kappa shape index (κ1) is 6.21. The fourth-order valence-corrected chi connectivity index (χ4v) is 2.09. The van der Waals surface area contributed by atoms with E-state index in [1.807, 2.05) is 0 Å². The van der Waals surface area contributed by atoms with E-state index in [-0.39, 0.29) is 0 Å². The van der Waals surface area contributed by atoms with Gasteiger partial charge in [-0.1, -0.05) is 38.2 Å². The summed E-state index contributed by atoms with van der Waals surface area (Å²) in [7, 11) is 0. The van der Waals surface area contributed by atoms with Crippen molar-refractivity contribution in [2.75, 3.05) is 0 Å². The zero-order valence-corrected chi connectivity index (χ0v) is 6.67. The average Bonchev–Trinajstić information content (AvgIpc) is 2.32. The van der Waals surface area contributed by atoms with Crippen LogP contribution in [0.1, 0.15) is 20.3 Å². The Kier molecular flexibility index (Phi) is 1.08. The highest BCUT2D eigenvalue weighted by Gasteiger charge is 2.51. The number of allylic oxidation sites excluding steroid dienone is 4. The Morgan fingerprint density at radius 3 is 2.30 bits per heavy atom. The van der Waals surface area contributed by atoms with Crippen LogP contribution in [0.15, 0.2) is 24.3 Å². The Labute approximate surface area is 62.6 Å². The quantitative estimate of drug-likeness (QED) is 0.517. The van der Waals surface area contributed by atoms with Gasteiger partial charge in [0.15, 0.2) is 0 Å². The van der Waals surface area contributed by atoms with Gasteiger partial charge >= 0.3 is 0 Å². The monoisotopic (exact) mass is 134 g/mol. The molecule has 0 saturated heterocycles. The van der Waals surface area contributed by atoms with Gasteiger partial charge in [-0.25, -0.2) is 0 Å². The van der Waals surface area contributed by atoms with Gasteiger partial charge in [0.05, 0.1) is 0 Å². The van der Waals surface area contributed by atoms with E-state index in [9.17, 15) is 0 Å². The Bertz CT molecular complexity index is 184. The van der Waals surface area contributed by atoms with Crippen LogP contribution >= 0.6 is 0 Å². The van der Waals surface area contributed by atoms with Crippen molar-refractivity contribution in [3.8, 4) is 0 Å². The predicted octanol–water partition coefficient (Wildman–Crippen LogP) is 2.77. The van der Waals surface area contributed by atoms with Gasteiger partial charge in [-0.05, 0) is 18.3 Å². The maximum Gasteiger partial charge on any atom is 0.0101 e. The van der Waals surface area contributed by atoms with Crippen molar-refractivity contribution in [3.63, 3.8) is 0 Å². The summed E-state index contributed by atoms with van der Waals surface area (Å²) in [6.07, 6.45) is 10.5. The fourth-order valence-electron chi connectivity index (χ4n) is 2.09. The van der Waals surface area contributed by atoms with Crippen LogP contribution in [0, 0.1) is 17.3 Å². The highest BCUT2D eigenvalue weighted by atomic mass is 14.6. The lowest BCUT2D eigenvalue weighted by Crippen LogP contribution is -1.98. The van der Waals surface area contributed by atoms with E-state index < -0.39 is 0 Å². The molecule has 1 fully saturated rings. The van der Waals surface area contributed by atoms with Crippen molar-refractivity contribution in [3.05, 3.63) is 24.3 Å². The topological polar surface area (TPSA) is 0 Å². The van der Waals surface area contributed by atoms with E-state index in [0.717, 1.165) is 11.8 Å². The molecule has 0 amide bonds. The maximum absolute atomic E-state index is 2.36. The second kappa shape index (κ2) is 1.75. The second-order valence-corrected chi connectivity index (χ2v) is 3.89. The van der Waals surface area contributed by atoms with E-state index in [1.54, 1.807) is 0 Å². The molecule has 0 bridgehead atoms. The molecule has 54 valence electrons. The first-order valence-electron chi connectivity index (χ1n) is 4.12. The number of hydrogen-bond donors (Lipinski definition) is 0. The largest absolute Gasteiger partial charge is 0.0742 e. The molecule has 0 aromatic heterocycles. The average molecular weight is 134 g/mol. The predicted molar refractivity (Wildman–Crippen MR) is 43.7 cm³/mol. The van der Waals surface area contributed by atoms with Gasteiger partial charge in [0.25, 0.3) is 0 Å². The van der Waals surface area contributed by atoms with Crippen LogP contribution in [-0.2, 0) is 0 Å². The van der Waals surface area contributed by atoms with Gasteiger partial charge in [0.1, 0.15) is 0 Å². The van der Waals surface area contributed by atoms with E-state index in [0.29, 0.717) is 5.41 Å². The van der Waals surface area contributed by atoms with Crippen LogP contribution in [0.3, 0.4) is 0 Å². The minimum atomic E-state index is 0.522. The van der Waals surface area contributed by atoms with Crippen LogP contribution in [-0.4, -0.2) is 0 Å². The molecule has 2 aliphatic rings. The van der Waals surface area contributed by atoms with Crippen molar-refractivity contribution in [2.24, 2.45) is 17.3 Å². The molecule has 0 radical (unpaired) electrons. The van der Waals surface area contributed by atoms with E-state index in [1.165, 1.54) is 6.42 Å². The van der Waals surface area contributed by atoms with E-state index in [4.69, 9.17) is 0 Å². The van der Waals surface area contributed by atoms with E-state index in [2.05, 4.69) is 38.2 Å². The first-order valence-corrected chi connectivity index (χ1v) is 4.12. The molecular weight excluding hydrogens is 120 g/mol. The van der Waals surface area contributed by atoms with Crippen LogP contribution in [0.2, 0.25) is 0 Å². The van der Waals surface area contributed by atoms with Crippen molar-refractivity contribution >= 4 is 0 Å². The van der Waals surface area contributed by atoms with Crippen LogP contribution in [0.4, 0.5) is 0 Å². The van der Waals surface area contributed by atoms with Crippen LogP contribution in [0.5, 0.6) is 0 Å². The van der Waals surface area contributed by atoms with Gasteiger partial charge < -0.3 is 0 Å². The van der Waals surface area contributed by atoms with Gasteiger partial charge in [-0.2, -0.15) is 0 Å². The minimum Gasteiger partial charge on any atom is -0.0742 e. The molecule has 0 heterocycles. The highest BCUT2D eigenvalue weighted by molar-refractivity contribution is 5.33. The summed E-state index contributed by atoms with van der Waals surface area (Å²) in [5.41, 5.74) is 0.522. The first-order chi connectivity index (χ1) is 4.75. The molecule has 2 aliphatic carbocycles. The van der Waals surface area contributed by atoms with Gasteiger partial charge in [-0.3, -0.25) is 0 Å². The molecule has 10 heavy (non-hydrogen) atoms. The Morgan fingerprint density at radius 2 is 1.90 bits per heavy atom. The lowest BCUT2D eigenvalue weighted by atomic mass is 9.99. The van der Waals surface area contributed by atoms with Gasteiger partial charge in [0.2, 0.25) is 0 Å².